The molecule has 2 aromatic carbocycles. The molecule has 0 saturated heterocycles. The lowest BCUT2D eigenvalue weighted by atomic mass is 10.2. The van der Waals surface area contributed by atoms with Crippen molar-refractivity contribution in [2.45, 2.75) is 6.54 Å². The van der Waals surface area contributed by atoms with Crippen LogP contribution < -0.4 is 5.32 Å². The maximum Gasteiger partial charge on any atom is 0.248 e. The SMILES string of the molecule is O=C(Cn1nnc(-c2ccccc2Cl)n1)Nc1ccc(Br)cc1F. The Morgan fingerprint density at radius 3 is 2.83 bits per heavy atom. The minimum atomic E-state index is -0.541. The first kappa shape index (κ1) is 16.5. The lowest BCUT2D eigenvalue weighted by Gasteiger charge is -2.05. The first-order valence-electron chi connectivity index (χ1n) is 6.80. The molecule has 1 aromatic heterocycles. The summed E-state index contributed by atoms with van der Waals surface area (Å²) in [4.78, 5) is 13.1. The molecule has 0 spiro atoms. The second-order valence-corrected chi connectivity index (χ2v) is 6.12. The molecule has 0 aliphatic carbocycles. The number of hydrogen-bond donors (Lipinski definition) is 1. The Labute approximate surface area is 149 Å². The molecule has 122 valence electrons. The van der Waals surface area contributed by atoms with E-state index in [4.69, 9.17) is 11.6 Å². The van der Waals surface area contributed by atoms with Gasteiger partial charge in [-0.05, 0) is 35.5 Å². The molecule has 3 aromatic rings. The molecule has 0 radical (unpaired) electrons. The minimum Gasteiger partial charge on any atom is -0.322 e. The number of aromatic nitrogens is 4. The normalized spacial score (nSPS) is 10.6. The fourth-order valence-corrected chi connectivity index (χ4v) is 2.52. The minimum absolute atomic E-state index is 0.0784. The van der Waals surface area contributed by atoms with Gasteiger partial charge in [0, 0.05) is 10.0 Å². The average Bonchev–Trinajstić information content (AvgIpc) is 2.99. The highest BCUT2D eigenvalue weighted by atomic mass is 79.9. The number of hydrogen-bond acceptors (Lipinski definition) is 4. The monoisotopic (exact) mass is 409 g/mol. The number of nitrogens with zero attached hydrogens (tertiary/aromatic N) is 4. The van der Waals surface area contributed by atoms with Crippen LogP contribution in [-0.4, -0.2) is 26.1 Å². The number of benzene rings is 2. The van der Waals surface area contributed by atoms with Crippen molar-refractivity contribution in [2.24, 2.45) is 0 Å². The predicted octanol–water partition coefficient (Wildman–Crippen LogP) is 3.53. The van der Waals surface area contributed by atoms with Crippen LogP contribution in [0.5, 0.6) is 0 Å². The lowest BCUT2D eigenvalue weighted by molar-refractivity contribution is -0.117. The summed E-state index contributed by atoms with van der Waals surface area (Å²) in [6.07, 6.45) is 0. The molecule has 0 aliphatic rings. The summed E-state index contributed by atoms with van der Waals surface area (Å²) >= 11 is 9.22. The molecule has 0 unspecified atom stereocenters. The molecule has 1 N–H and O–H groups in total. The zero-order valence-corrected chi connectivity index (χ0v) is 14.4. The van der Waals surface area contributed by atoms with Crippen LogP contribution in [0.1, 0.15) is 0 Å². The van der Waals surface area contributed by atoms with Gasteiger partial charge in [-0.25, -0.2) is 4.39 Å². The van der Waals surface area contributed by atoms with Gasteiger partial charge in [0.25, 0.3) is 0 Å². The van der Waals surface area contributed by atoms with Crippen LogP contribution in [0.3, 0.4) is 0 Å². The van der Waals surface area contributed by atoms with Crippen LogP contribution >= 0.6 is 27.5 Å². The number of carbonyl (C=O) groups is 1. The zero-order chi connectivity index (χ0) is 17.1. The molecule has 1 heterocycles. The number of rotatable bonds is 4. The summed E-state index contributed by atoms with van der Waals surface area (Å²) in [6.45, 7) is -0.201. The van der Waals surface area contributed by atoms with Crippen molar-refractivity contribution >= 4 is 39.1 Å². The third-order valence-electron chi connectivity index (χ3n) is 3.06. The van der Waals surface area contributed by atoms with Gasteiger partial charge in [0.1, 0.15) is 12.4 Å². The summed E-state index contributed by atoms with van der Waals surface area (Å²) in [5.74, 6) is -0.705. The topological polar surface area (TPSA) is 72.7 Å². The quantitative estimate of drug-likeness (QED) is 0.714. The third-order valence-corrected chi connectivity index (χ3v) is 3.88. The first-order chi connectivity index (χ1) is 11.5. The summed E-state index contributed by atoms with van der Waals surface area (Å²) in [7, 11) is 0. The Morgan fingerprint density at radius 2 is 2.08 bits per heavy atom. The Morgan fingerprint density at radius 1 is 1.29 bits per heavy atom. The number of tetrazole rings is 1. The number of halogens is 3. The lowest BCUT2D eigenvalue weighted by Crippen LogP contribution is -2.21. The Bertz CT molecular complexity index is 901. The third kappa shape index (κ3) is 3.77. The van der Waals surface area contributed by atoms with E-state index >= 15 is 0 Å². The van der Waals surface area contributed by atoms with E-state index in [1.165, 1.54) is 12.1 Å². The van der Waals surface area contributed by atoms with E-state index in [1.807, 2.05) is 0 Å². The molecule has 1 amide bonds. The van der Waals surface area contributed by atoms with Gasteiger partial charge in [0.15, 0.2) is 0 Å². The van der Waals surface area contributed by atoms with Crippen molar-refractivity contribution in [3.63, 3.8) is 0 Å². The van der Waals surface area contributed by atoms with Gasteiger partial charge in [-0.1, -0.05) is 39.7 Å². The van der Waals surface area contributed by atoms with E-state index in [1.54, 1.807) is 30.3 Å². The van der Waals surface area contributed by atoms with E-state index in [2.05, 4.69) is 36.7 Å². The zero-order valence-electron chi connectivity index (χ0n) is 12.1. The summed E-state index contributed by atoms with van der Waals surface area (Å²) < 4.78 is 14.3. The van der Waals surface area contributed by atoms with Crippen molar-refractivity contribution in [3.8, 4) is 11.4 Å². The second-order valence-electron chi connectivity index (χ2n) is 4.80. The first-order valence-corrected chi connectivity index (χ1v) is 7.97. The van der Waals surface area contributed by atoms with E-state index in [9.17, 15) is 9.18 Å². The van der Waals surface area contributed by atoms with Gasteiger partial charge in [-0.15, -0.1) is 10.2 Å². The van der Waals surface area contributed by atoms with Gasteiger partial charge in [-0.3, -0.25) is 4.79 Å². The van der Waals surface area contributed by atoms with Crippen LogP contribution in [0, 0.1) is 5.82 Å². The largest absolute Gasteiger partial charge is 0.322 e. The molecule has 24 heavy (non-hydrogen) atoms. The number of amides is 1. The van der Waals surface area contributed by atoms with Gasteiger partial charge in [-0.2, -0.15) is 4.80 Å². The van der Waals surface area contributed by atoms with Crippen LogP contribution in [0.4, 0.5) is 10.1 Å². The van der Waals surface area contributed by atoms with Crippen molar-refractivity contribution in [3.05, 3.63) is 57.8 Å². The molecule has 0 aliphatic heterocycles. The van der Waals surface area contributed by atoms with Crippen LogP contribution in [-0.2, 0) is 11.3 Å². The van der Waals surface area contributed by atoms with Crippen molar-refractivity contribution in [1.29, 1.82) is 0 Å². The Balaban J connectivity index is 1.70. The molecular formula is C15H10BrClFN5O. The average molecular weight is 411 g/mol. The fourth-order valence-electron chi connectivity index (χ4n) is 1.97. The molecule has 0 saturated carbocycles. The fraction of sp³-hybridized carbons (Fsp3) is 0.0667. The van der Waals surface area contributed by atoms with Gasteiger partial charge < -0.3 is 5.32 Å². The van der Waals surface area contributed by atoms with Crippen molar-refractivity contribution < 1.29 is 9.18 Å². The second kappa shape index (κ2) is 7.06. The van der Waals surface area contributed by atoms with Crippen molar-refractivity contribution in [2.75, 3.05) is 5.32 Å². The van der Waals surface area contributed by atoms with Crippen LogP contribution in [0.25, 0.3) is 11.4 Å². The van der Waals surface area contributed by atoms with Gasteiger partial charge in [0.05, 0.1) is 10.7 Å². The summed E-state index contributed by atoms with van der Waals surface area (Å²) in [5, 5.41) is 14.7. The summed E-state index contributed by atoms with van der Waals surface area (Å²) in [5.41, 5.74) is 0.694. The highest BCUT2D eigenvalue weighted by molar-refractivity contribution is 9.10. The molecule has 9 heteroatoms. The number of carbonyl (C=O) groups excluding carboxylic acids is 1. The molecular weight excluding hydrogens is 401 g/mol. The van der Waals surface area contributed by atoms with Crippen LogP contribution in [0.15, 0.2) is 46.9 Å². The Hall–Kier alpha value is -2.32. The molecule has 6 nitrogen and oxygen atoms in total. The van der Waals surface area contributed by atoms with E-state index in [-0.39, 0.29) is 12.2 Å². The molecule has 0 bridgehead atoms. The predicted molar refractivity (Wildman–Crippen MR) is 91.0 cm³/mol. The molecule has 0 atom stereocenters. The van der Waals surface area contributed by atoms with E-state index in [0.29, 0.717) is 20.9 Å². The summed E-state index contributed by atoms with van der Waals surface area (Å²) in [6, 6.07) is 11.4. The molecule has 0 fully saturated rings. The van der Waals surface area contributed by atoms with Gasteiger partial charge in [0.2, 0.25) is 11.7 Å². The smallest absolute Gasteiger partial charge is 0.248 e. The number of nitrogens with one attached hydrogen (secondary N) is 1. The standard InChI is InChI=1S/C15H10BrClFN5O/c16-9-5-6-13(12(18)7-9)19-14(24)8-23-21-15(20-22-23)10-3-1-2-4-11(10)17/h1-7H,8H2,(H,19,24). The van der Waals surface area contributed by atoms with E-state index < -0.39 is 11.7 Å². The number of anilines is 1. The molecule has 3 rings (SSSR count). The van der Waals surface area contributed by atoms with E-state index in [0.717, 1.165) is 4.80 Å². The maximum atomic E-state index is 13.7. The highest BCUT2D eigenvalue weighted by Gasteiger charge is 2.13. The maximum absolute atomic E-state index is 13.7. The van der Waals surface area contributed by atoms with Gasteiger partial charge >= 0.3 is 0 Å². The highest BCUT2D eigenvalue weighted by Crippen LogP contribution is 2.23. The van der Waals surface area contributed by atoms with Crippen molar-refractivity contribution in [1.82, 2.24) is 20.2 Å². The Kier molecular flexibility index (Phi) is 4.86. The van der Waals surface area contributed by atoms with Crippen LogP contribution in [0.2, 0.25) is 5.02 Å².